The number of hydrogen-bond donors (Lipinski definition) is 0. The normalized spacial score (nSPS) is 11.5. The largest absolute Gasteiger partial charge is 0.449 e. The Hall–Kier alpha value is -3.07. The van der Waals surface area contributed by atoms with Crippen LogP contribution in [0.4, 0.5) is 0 Å². The van der Waals surface area contributed by atoms with Crippen molar-refractivity contribution in [2.45, 2.75) is 39.8 Å². The molecule has 27 heavy (non-hydrogen) atoms. The molecule has 0 N–H and O–H groups in total. The molecule has 1 aromatic carbocycles. The molecule has 0 saturated carbocycles. The zero-order chi connectivity index (χ0) is 20.0. The van der Waals surface area contributed by atoms with Crippen molar-refractivity contribution in [2.75, 3.05) is 13.6 Å². The highest BCUT2D eigenvalue weighted by atomic mass is 16.5. The van der Waals surface area contributed by atoms with Gasteiger partial charge in [0, 0.05) is 31.5 Å². The topological polar surface area (TPSA) is 75.3 Å². The van der Waals surface area contributed by atoms with Crippen molar-refractivity contribution < 1.29 is 14.3 Å². The van der Waals surface area contributed by atoms with E-state index in [-0.39, 0.29) is 12.3 Å². The van der Waals surface area contributed by atoms with E-state index in [1.54, 1.807) is 20.0 Å². The third-order valence-corrected chi connectivity index (χ3v) is 4.54. The second-order valence-electron chi connectivity index (χ2n) is 6.57. The summed E-state index contributed by atoms with van der Waals surface area (Å²) >= 11 is 0. The number of ether oxygens (including phenoxy) is 1. The van der Waals surface area contributed by atoms with Gasteiger partial charge in [0.05, 0.1) is 18.1 Å². The molecular weight excluding hydrogens is 342 g/mol. The number of aromatic nitrogens is 1. The predicted molar refractivity (Wildman–Crippen MR) is 102 cm³/mol. The van der Waals surface area contributed by atoms with Crippen LogP contribution in [0.3, 0.4) is 0 Å². The average Bonchev–Trinajstić information content (AvgIpc) is 2.94. The zero-order valence-corrected chi connectivity index (χ0v) is 16.2. The van der Waals surface area contributed by atoms with Gasteiger partial charge in [-0.15, -0.1) is 0 Å². The van der Waals surface area contributed by atoms with Gasteiger partial charge in [0.15, 0.2) is 6.10 Å². The van der Waals surface area contributed by atoms with Gasteiger partial charge in [0.1, 0.15) is 0 Å². The molecule has 0 unspecified atom stereocenters. The highest BCUT2D eigenvalue weighted by Crippen LogP contribution is 2.19. The minimum Gasteiger partial charge on any atom is -0.449 e. The Kier molecular flexibility index (Phi) is 6.78. The molecule has 0 radical (unpaired) electrons. The standard InChI is InChI=1S/C21H25N3O3/c1-15-13-19(16(2)24(15)14-18-9-6-5-7-10-18)21(26)27-17(3)20(25)23(4)12-8-11-22/h5-7,9-10,13,17H,8,12,14H2,1-4H3/t17-/m0/s1. The van der Waals surface area contributed by atoms with Crippen LogP contribution < -0.4 is 0 Å². The first-order valence-corrected chi connectivity index (χ1v) is 8.88. The van der Waals surface area contributed by atoms with Crippen LogP contribution in [-0.4, -0.2) is 41.0 Å². The summed E-state index contributed by atoms with van der Waals surface area (Å²) in [7, 11) is 1.59. The van der Waals surface area contributed by atoms with E-state index in [1.807, 2.05) is 50.2 Å². The van der Waals surface area contributed by atoms with Crippen LogP contribution >= 0.6 is 0 Å². The molecule has 0 bridgehead atoms. The summed E-state index contributed by atoms with van der Waals surface area (Å²) in [6.07, 6.45) is -0.665. The fourth-order valence-corrected chi connectivity index (χ4v) is 2.93. The van der Waals surface area contributed by atoms with Gasteiger partial charge in [0.2, 0.25) is 0 Å². The van der Waals surface area contributed by atoms with Crippen molar-refractivity contribution >= 4 is 11.9 Å². The lowest BCUT2D eigenvalue weighted by Crippen LogP contribution is -2.38. The number of benzene rings is 1. The van der Waals surface area contributed by atoms with Gasteiger partial charge in [-0.2, -0.15) is 5.26 Å². The quantitative estimate of drug-likeness (QED) is 0.705. The molecule has 2 aromatic rings. The van der Waals surface area contributed by atoms with E-state index in [2.05, 4.69) is 4.57 Å². The zero-order valence-electron chi connectivity index (χ0n) is 16.2. The fourth-order valence-electron chi connectivity index (χ4n) is 2.93. The van der Waals surface area contributed by atoms with Crippen LogP contribution in [0.1, 0.15) is 40.7 Å². The van der Waals surface area contributed by atoms with Gasteiger partial charge in [0.25, 0.3) is 5.91 Å². The molecule has 0 spiro atoms. The summed E-state index contributed by atoms with van der Waals surface area (Å²) in [4.78, 5) is 26.2. The molecule has 1 amide bonds. The van der Waals surface area contributed by atoms with Crippen molar-refractivity contribution in [2.24, 2.45) is 0 Å². The Bertz CT molecular complexity index is 850. The molecule has 0 aliphatic heterocycles. The summed E-state index contributed by atoms with van der Waals surface area (Å²) < 4.78 is 7.43. The van der Waals surface area contributed by atoms with Gasteiger partial charge in [-0.3, -0.25) is 4.79 Å². The maximum Gasteiger partial charge on any atom is 0.340 e. The van der Waals surface area contributed by atoms with Crippen molar-refractivity contribution in [1.82, 2.24) is 9.47 Å². The number of amides is 1. The number of carbonyl (C=O) groups excluding carboxylic acids is 2. The monoisotopic (exact) mass is 367 g/mol. The van der Waals surface area contributed by atoms with Crippen LogP contribution in [-0.2, 0) is 16.1 Å². The Labute approximate surface area is 160 Å². The van der Waals surface area contributed by atoms with E-state index >= 15 is 0 Å². The van der Waals surface area contributed by atoms with Crippen LogP contribution in [0, 0.1) is 25.2 Å². The first-order valence-electron chi connectivity index (χ1n) is 8.88. The molecule has 1 aromatic heterocycles. The number of esters is 1. The molecule has 6 nitrogen and oxygen atoms in total. The average molecular weight is 367 g/mol. The van der Waals surface area contributed by atoms with E-state index in [9.17, 15) is 9.59 Å². The van der Waals surface area contributed by atoms with Crippen molar-refractivity contribution in [3.8, 4) is 6.07 Å². The number of nitriles is 1. The van der Waals surface area contributed by atoms with Gasteiger partial charge in [-0.1, -0.05) is 30.3 Å². The second kappa shape index (κ2) is 9.04. The van der Waals surface area contributed by atoms with E-state index in [4.69, 9.17) is 10.00 Å². The number of likely N-dealkylation sites (N-methyl/N-ethyl adjacent to an activating group) is 1. The Morgan fingerprint density at radius 2 is 1.93 bits per heavy atom. The number of rotatable bonds is 7. The number of nitrogens with zero attached hydrogens (tertiary/aromatic N) is 3. The summed E-state index contributed by atoms with van der Waals surface area (Å²) in [6.45, 7) is 6.33. The summed E-state index contributed by atoms with van der Waals surface area (Å²) in [5.74, 6) is -0.839. The van der Waals surface area contributed by atoms with Crippen molar-refractivity contribution in [1.29, 1.82) is 5.26 Å². The van der Waals surface area contributed by atoms with Gasteiger partial charge >= 0.3 is 5.97 Å². The van der Waals surface area contributed by atoms with Gasteiger partial charge in [-0.25, -0.2) is 4.79 Å². The maximum atomic E-state index is 12.6. The third kappa shape index (κ3) is 4.98. The van der Waals surface area contributed by atoms with Crippen molar-refractivity contribution in [3.05, 3.63) is 58.9 Å². The molecule has 6 heteroatoms. The molecule has 1 atom stereocenters. The molecule has 2 rings (SSSR count). The molecule has 0 saturated heterocycles. The highest BCUT2D eigenvalue weighted by Gasteiger charge is 2.24. The minimum absolute atomic E-state index is 0.240. The van der Waals surface area contributed by atoms with E-state index in [0.717, 1.165) is 17.0 Å². The van der Waals surface area contributed by atoms with Crippen LogP contribution in [0.15, 0.2) is 36.4 Å². The first kappa shape index (κ1) is 20.2. The smallest absolute Gasteiger partial charge is 0.340 e. The van der Waals surface area contributed by atoms with Gasteiger partial charge < -0.3 is 14.2 Å². The SMILES string of the molecule is Cc1cc(C(=O)O[C@@H](C)C(=O)N(C)CCC#N)c(C)n1Cc1ccccc1. The van der Waals surface area contributed by atoms with Crippen LogP contribution in [0.25, 0.3) is 0 Å². The Morgan fingerprint density at radius 1 is 1.26 bits per heavy atom. The summed E-state index contributed by atoms with van der Waals surface area (Å²) in [5.41, 5.74) is 3.36. The Balaban J connectivity index is 2.10. The lowest BCUT2D eigenvalue weighted by molar-refractivity contribution is -0.138. The number of aryl methyl sites for hydroxylation is 1. The molecule has 0 aliphatic rings. The number of hydrogen-bond acceptors (Lipinski definition) is 4. The summed E-state index contributed by atoms with van der Waals surface area (Å²) in [6, 6.07) is 13.8. The van der Waals surface area contributed by atoms with Crippen LogP contribution in [0.5, 0.6) is 0 Å². The molecule has 0 fully saturated rings. The van der Waals surface area contributed by atoms with Gasteiger partial charge in [-0.05, 0) is 32.4 Å². The molecule has 0 aliphatic carbocycles. The predicted octanol–water partition coefficient (Wildman–Crippen LogP) is 3.07. The van der Waals surface area contributed by atoms with E-state index in [0.29, 0.717) is 18.7 Å². The highest BCUT2D eigenvalue weighted by molar-refractivity contribution is 5.93. The fraction of sp³-hybridized carbons (Fsp3) is 0.381. The molecular formula is C21H25N3O3. The van der Waals surface area contributed by atoms with E-state index < -0.39 is 12.1 Å². The van der Waals surface area contributed by atoms with Crippen molar-refractivity contribution in [3.63, 3.8) is 0 Å². The maximum absolute atomic E-state index is 12.6. The third-order valence-electron chi connectivity index (χ3n) is 4.54. The first-order chi connectivity index (χ1) is 12.8. The molecule has 1 heterocycles. The lowest BCUT2D eigenvalue weighted by Gasteiger charge is -2.20. The second-order valence-corrected chi connectivity index (χ2v) is 6.57. The van der Waals surface area contributed by atoms with E-state index in [1.165, 1.54) is 4.90 Å². The number of carbonyl (C=O) groups is 2. The summed E-state index contributed by atoms with van der Waals surface area (Å²) in [5, 5.41) is 8.62. The van der Waals surface area contributed by atoms with Crippen LogP contribution in [0.2, 0.25) is 0 Å². The lowest BCUT2D eigenvalue weighted by atomic mass is 10.2. The minimum atomic E-state index is -0.904. The Morgan fingerprint density at radius 3 is 2.56 bits per heavy atom. The molecule has 142 valence electrons.